The molecule has 11 heavy (non-hydrogen) atoms. The second-order valence-electron chi connectivity index (χ2n) is 2.56. The first-order valence-electron chi connectivity index (χ1n) is 3.55. The summed E-state index contributed by atoms with van der Waals surface area (Å²) in [6.45, 7) is 0.583. The van der Waals surface area contributed by atoms with E-state index in [2.05, 4.69) is 0 Å². The molecule has 0 radical (unpaired) electrons. The van der Waals surface area contributed by atoms with E-state index < -0.39 is 5.97 Å². The van der Waals surface area contributed by atoms with Gasteiger partial charge in [0.1, 0.15) is 0 Å². The van der Waals surface area contributed by atoms with Crippen LogP contribution in [0, 0.1) is 5.92 Å². The van der Waals surface area contributed by atoms with Crippen molar-refractivity contribution in [1.82, 2.24) is 0 Å². The Morgan fingerprint density at radius 3 is 2.91 bits per heavy atom. The molecule has 3 nitrogen and oxygen atoms in total. The number of rotatable bonds is 2. The van der Waals surface area contributed by atoms with Crippen LogP contribution < -0.4 is 5.73 Å². The van der Waals surface area contributed by atoms with E-state index in [0.29, 0.717) is 18.0 Å². The van der Waals surface area contributed by atoms with Crippen LogP contribution in [0.5, 0.6) is 0 Å². The minimum Gasteiger partial charge on any atom is -0.478 e. The van der Waals surface area contributed by atoms with Gasteiger partial charge in [0, 0.05) is 0 Å². The van der Waals surface area contributed by atoms with E-state index in [0.717, 1.165) is 6.42 Å². The molecule has 0 bridgehead atoms. The average molecular weight is 153 g/mol. The lowest BCUT2D eigenvalue weighted by Crippen LogP contribution is -2.14. The van der Waals surface area contributed by atoms with Gasteiger partial charge in [-0.25, -0.2) is 4.79 Å². The standard InChI is InChI=1S/C8H11NO2/c9-5-6-1-3-7(4-2-6)8(10)11/h1,3-4,6H,2,5,9H2,(H,10,11). The van der Waals surface area contributed by atoms with Gasteiger partial charge in [0.05, 0.1) is 5.57 Å². The van der Waals surface area contributed by atoms with Gasteiger partial charge in [-0.05, 0) is 18.9 Å². The number of allylic oxidation sites excluding steroid dienone is 1. The van der Waals surface area contributed by atoms with Crippen LogP contribution in [-0.4, -0.2) is 17.6 Å². The Kier molecular flexibility index (Phi) is 2.44. The van der Waals surface area contributed by atoms with Crippen LogP contribution >= 0.6 is 0 Å². The molecular weight excluding hydrogens is 142 g/mol. The van der Waals surface area contributed by atoms with Crippen molar-refractivity contribution in [1.29, 1.82) is 0 Å². The molecule has 0 amide bonds. The van der Waals surface area contributed by atoms with E-state index in [1.807, 2.05) is 6.08 Å². The number of carboxylic acids is 1. The van der Waals surface area contributed by atoms with Gasteiger partial charge in [-0.1, -0.05) is 18.2 Å². The van der Waals surface area contributed by atoms with Crippen molar-refractivity contribution in [3.8, 4) is 0 Å². The summed E-state index contributed by atoms with van der Waals surface area (Å²) in [6.07, 6.45) is 5.92. The highest BCUT2D eigenvalue weighted by Gasteiger charge is 2.10. The van der Waals surface area contributed by atoms with E-state index in [1.165, 1.54) is 0 Å². The molecule has 0 aromatic heterocycles. The van der Waals surface area contributed by atoms with Gasteiger partial charge in [-0.3, -0.25) is 0 Å². The third-order valence-electron chi connectivity index (χ3n) is 1.74. The Bertz CT molecular complexity index is 218. The minimum absolute atomic E-state index is 0.318. The fraction of sp³-hybridized carbons (Fsp3) is 0.375. The maximum atomic E-state index is 10.4. The van der Waals surface area contributed by atoms with Gasteiger partial charge in [0.25, 0.3) is 0 Å². The number of carbonyl (C=O) groups is 1. The zero-order chi connectivity index (χ0) is 8.27. The van der Waals surface area contributed by atoms with Crippen molar-refractivity contribution in [3.05, 3.63) is 23.8 Å². The van der Waals surface area contributed by atoms with Crippen LogP contribution in [0.15, 0.2) is 23.8 Å². The molecule has 0 heterocycles. The summed E-state index contributed by atoms with van der Waals surface area (Å²) in [4.78, 5) is 10.4. The molecule has 1 unspecified atom stereocenters. The number of nitrogens with two attached hydrogens (primary N) is 1. The van der Waals surface area contributed by atoms with Crippen LogP contribution in [-0.2, 0) is 4.79 Å². The van der Waals surface area contributed by atoms with Crippen LogP contribution in [0.3, 0.4) is 0 Å². The number of carboxylic acid groups (broad SMARTS) is 1. The normalized spacial score (nSPS) is 23.0. The van der Waals surface area contributed by atoms with Crippen LogP contribution in [0.4, 0.5) is 0 Å². The average Bonchev–Trinajstić information content (AvgIpc) is 2.05. The molecule has 1 aliphatic rings. The lowest BCUT2D eigenvalue weighted by molar-refractivity contribution is -0.132. The first-order chi connectivity index (χ1) is 5.24. The summed E-state index contributed by atoms with van der Waals surface area (Å²) < 4.78 is 0. The second kappa shape index (κ2) is 3.34. The molecule has 0 spiro atoms. The van der Waals surface area contributed by atoms with Gasteiger partial charge >= 0.3 is 5.97 Å². The van der Waals surface area contributed by atoms with Crippen molar-refractivity contribution in [3.63, 3.8) is 0 Å². The number of hydrogen-bond donors (Lipinski definition) is 2. The highest BCUT2D eigenvalue weighted by molar-refractivity contribution is 5.90. The Morgan fingerprint density at radius 1 is 1.82 bits per heavy atom. The molecule has 1 rings (SSSR count). The molecule has 0 fully saturated rings. The molecule has 1 atom stereocenters. The minimum atomic E-state index is -0.864. The summed E-state index contributed by atoms with van der Waals surface area (Å²) in [6, 6.07) is 0. The van der Waals surface area contributed by atoms with Gasteiger partial charge in [-0.15, -0.1) is 0 Å². The molecule has 3 N–H and O–H groups in total. The highest BCUT2D eigenvalue weighted by Crippen LogP contribution is 2.14. The van der Waals surface area contributed by atoms with Crippen molar-refractivity contribution >= 4 is 5.97 Å². The van der Waals surface area contributed by atoms with Crippen LogP contribution in [0.1, 0.15) is 6.42 Å². The summed E-state index contributed by atoms with van der Waals surface area (Å²) in [5, 5.41) is 8.55. The van der Waals surface area contributed by atoms with E-state index in [4.69, 9.17) is 10.8 Å². The van der Waals surface area contributed by atoms with Crippen molar-refractivity contribution in [2.24, 2.45) is 11.7 Å². The fourth-order valence-electron chi connectivity index (χ4n) is 0.998. The third-order valence-corrected chi connectivity index (χ3v) is 1.74. The van der Waals surface area contributed by atoms with Gasteiger partial charge in [0.15, 0.2) is 0 Å². The molecule has 0 aromatic carbocycles. The van der Waals surface area contributed by atoms with Crippen LogP contribution in [0.25, 0.3) is 0 Å². The quantitative estimate of drug-likeness (QED) is 0.608. The van der Waals surface area contributed by atoms with Gasteiger partial charge < -0.3 is 10.8 Å². The van der Waals surface area contributed by atoms with Gasteiger partial charge in [-0.2, -0.15) is 0 Å². The largest absolute Gasteiger partial charge is 0.478 e. The summed E-state index contributed by atoms with van der Waals surface area (Å²) in [7, 11) is 0. The zero-order valence-corrected chi connectivity index (χ0v) is 6.16. The van der Waals surface area contributed by atoms with E-state index in [1.54, 1.807) is 12.2 Å². The molecule has 0 saturated heterocycles. The predicted octanol–water partition coefficient (Wildman–Crippen LogP) is 0.532. The molecule has 0 aromatic rings. The molecule has 60 valence electrons. The third kappa shape index (κ3) is 1.91. The van der Waals surface area contributed by atoms with Crippen molar-refractivity contribution in [2.75, 3.05) is 6.54 Å². The first-order valence-corrected chi connectivity index (χ1v) is 3.55. The summed E-state index contributed by atoms with van der Waals surface area (Å²) in [5.74, 6) is -0.546. The fourth-order valence-corrected chi connectivity index (χ4v) is 0.998. The maximum Gasteiger partial charge on any atom is 0.335 e. The Morgan fingerprint density at radius 2 is 2.55 bits per heavy atom. The lowest BCUT2D eigenvalue weighted by Gasteiger charge is -2.11. The molecule has 0 aliphatic heterocycles. The lowest BCUT2D eigenvalue weighted by atomic mass is 9.97. The SMILES string of the molecule is NCC1C=CC(C(=O)O)=CC1. The molecular formula is C8H11NO2. The number of hydrogen-bond acceptors (Lipinski definition) is 2. The monoisotopic (exact) mass is 153 g/mol. The first kappa shape index (κ1) is 8.01. The van der Waals surface area contributed by atoms with E-state index >= 15 is 0 Å². The molecule has 1 aliphatic carbocycles. The van der Waals surface area contributed by atoms with E-state index in [9.17, 15) is 4.79 Å². The topological polar surface area (TPSA) is 63.3 Å². The van der Waals surface area contributed by atoms with Crippen molar-refractivity contribution < 1.29 is 9.90 Å². The molecule has 0 saturated carbocycles. The molecule has 3 heteroatoms. The predicted molar refractivity (Wildman–Crippen MR) is 42.0 cm³/mol. The Labute approximate surface area is 65.2 Å². The zero-order valence-electron chi connectivity index (χ0n) is 6.16. The maximum absolute atomic E-state index is 10.4. The van der Waals surface area contributed by atoms with Crippen molar-refractivity contribution in [2.45, 2.75) is 6.42 Å². The Balaban J connectivity index is 2.60. The highest BCUT2D eigenvalue weighted by atomic mass is 16.4. The summed E-state index contributed by atoms with van der Waals surface area (Å²) >= 11 is 0. The smallest absolute Gasteiger partial charge is 0.335 e. The van der Waals surface area contributed by atoms with Crippen LogP contribution in [0.2, 0.25) is 0 Å². The number of aliphatic carboxylic acids is 1. The Hall–Kier alpha value is -1.09. The summed E-state index contributed by atoms with van der Waals surface area (Å²) in [5.41, 5.74) is 5.77. The van der Waals surface area contributed by atoms with E-state index in [-0.39, 0.29) is 0 Å². The van der Waals surface area contributed by atoms with Gasteiger partial charge in [0.2, 0.25) is 0 Å². The second-order valence-corrected chi connectivity index (χ2v) is 2.56.